The average molecular weight is 352 g/mol. The lowest BCUT2D eigenvalue weighted by atomic mass is 9.48. The van der Waals surface area contributed by atoms with Crippen LogP contribution < -0.4 is 0 Å². The van der Waals surface area contributed by atoms with E-state index in [1.807, 2.05) is 6.08 Å². The van der Waals surface area contributed by atoms with Gasteiger partial charge in [-0.3, -0.25) is 4.79 Å². The van der Waals surface area contributed by atoms with E-state index in [4.69, 9.17) is 5.26 Å². The lowest BCUT2D eigenvalue weighted by molar-refractivity contribution is -0.116. The fraction of sp³-hybridized carbons (Fsp3) is 0.750. The molecule has 0 bridgehead atoms. The molecule has 0 N–H and O–H groups in total. The van der Waals surface area contributed by atoms with Crippen LogP contribution in [0.5, 0.6) is 0 Å². The summed E-state index contributed by atoms with van der Waals surface area (Å²) in [6, 6.07) is 2.35. The summed E-state index contributed by atoms with van der Waals surface area (Å²) in [5.41, 5.74) is 1.94. The van der Waals surface area contributed by atoms with Crippen molar-refractivity contribution in [1.29, 1.82) is 5.26 Å². The first-order valence-corrected chi connectivity index (χ1v) is 10.7. The van der Waals surface area contributed by atoms with E-state index in [2.05, 4.69) is 39.0 Å². The Morgan fingerprint density at radius 3 is 2.81 bits per heavy atom. The fourth-order valence-corrected chi connectivity index (χ4v) is 7.47. The van der Waals surface area contributed by atoms with Gasteiger partial charge in [-0.05, 0) is 90.6 Å². The zero-order valence-electron chi connectivity index (χ0n) is 16.6. The molecule has 0 saturated heterocycles. The molecule has 2 saturated carbocycles. The number of carbonyl (C=O) groups excluding carboxylic acids is 1. The van der Waals surface area contributed by atoms with Gasteiger partial charge in [0.15, 0.2) is 5.78 Å². The number of nitrogens with zero attached hydrogens (tertiary/aromatic N) is 1. The van der Waals surface area contributed by atoms with Gasteiger partial charge in [0.1, 0.15) is 0 Å². The Morgan fingerprint density at radius 1 is 1.23 bits per heavy atom. The van der Waals surface area contributed by atoms with E-state index in [-0.39, 0.29) is 5.41 Å². The second kappa shape index (κ2) is 6.36. The van der Waals surface area contributed by atoms with Crippen LogP contribution in [0.3, 0.4) is 0 Å². The van der Waals surface area contributed by atoms with Crippen molar-refractivity contribution >= 4 is 5.78 Å². The minimum atomic E-state index is 0.208. The van der Waals surface area contributed by atoms with Gasteiger partial charge in [-0.15, -0.1) is 0 Å². The molecule has 4 unspecified atom stereocenters. The maximum atomic E-state index is 11.9. The molecular formula is C24H33NO. The Labute approximate surface area is 158 Å². The smallest absolute Gasteiger partial charge is 0.156 e. The van der Waals surface area contributed by atoms with Crippen molar-refractivity contribution in [2.24, 2.45) is 40.4 Å². The summed E-state index contributed by atoms with van der Waals surface area (Å²) in [5, 5.41) is 8.98. The van der Waals surface area contributed by atoms with E-state index in [9.17, 15) is 4.79 Å². The van der Waals surface area contributed by atoms with Crippen LogP contribution in [-0.4, -0.2) is 5.78 Å². The molecule has 4 aliphatic rings. The van der Waals surface area contributed by atoms with Crippen LogP contribution in [0.2, 0.25) is 0 Å². The standard InChI is InChI=1S/C24H33NO/c1-16(5-4-14-25)20-8-9-21-19-7-6-17-15-18(26)10-12-23(17,2)22(19)11-13-24(20,21)3/h6-7,15-16,19-22H,4-5,8-13H2,1-3H3/t16-,19?,20?,21?,22?,23+,24-/m1/s1. The number of rotatable bonds is 3. The molecule has 140 valence electrons. The summed E-state index contributed by atoms with van der Waals surface area (Å²) >= 11 is 0. The Morgan fingerprint density at radius 2 is 2.04 bits per heavy atom. The predicted octanol–water partition coefficient (Wildman–Crippen LogP) is 5.85. The zero-order valence-corrected chi connectivity index (χ0v) is 16.6. The monoisotopic (exact) mass is 351 g/mol. The Bertz CT molecular complexity index is 697. The largest absolute Gasteiger partial charge is 0.295 e. The molecule has 26 heavy (non-hydrogen) atoms. The SMILES string of the molecule is C[C@H](CCC#N)C1CCC2C3C=CC4=CC(=O)CC[C@]4(C)C3CC[C@@]21C. The predicted molar refractivity (Wildman–Crippen MR) is 104 cm³/mol. The van der Waals surface area contributed by atoms with Gasteiger partial charge in [0.25, 0.3) is 0 Å². The van der Waals surface area contributed by atoms with Crippen LogP contribution in [0.1, 0.15) is 72.1 Å². The minimum absolute atomic E-state index is 0.208. The van der Waals surface area contributed by atoms with Crippen LogP contribution >= 0.6 is 0 Å². The van der Waals surface area contributed by atoms with E-state index in [0.717, 1.165) is 31.1 Å². The molecule has 2 nitrogen and oxygen atoms in total. The van der Waals surface area contributed by atoms with Gasteiger partial charge in [0.05, 0.1) is 6.07 Å². The van der Waals surface area contributed by atoms with Crippen LogP contribution in [0.25, 0.3) is 0 Å². The summed E-state index contributed by atoms with van der Waals surface area (Å²) in [4.78, 5) is 11.9. The van der Waals surface area contributed by atoms with E-state index in [1.165, 1.54) is 31.3 Å². The zero-order chi connectivity index (χ0) is 18.5. The fourth-order valence-electron chi connectivity index (χ4n) is 7.47. The van der Waals surface area contributed by atoms with Gasteiger partial charge < -0.3 is 0 Å². The van der Waals surface area contributed by atoms with Crippen LogP contribution in [0, 0.1) is 51.8 Å². The van der Waals surface area contributed by atoms with Crippen molar-refractivity contribution in [3.8, 4) is 6.07 Å². The highest BCUT2D eigenvalue weighted by Crippen LogP contribution is 2.66. The molecule has 2 heteroatoms. The number of ketones is 1. The molecular weight excluding hydrogens is 318 g/mol. The van der Waals surface area contributed by atoms with Crippen molar-refractivity contribution < 1.29 is 4.79 Å². The number of hydrogen-bond acceptors (Lipinski definition) is 2. The van der Waals surface area contributed by atoms with Crippen LogP contribution in [0.15, 0.2) is 23.8 Å². The molecule has 0 amide bonds. The lowest BCUT2D eigenvalue weighted by Gasteiger charge is -2.56. The van der Waals surface area contributed by atoms with Crippen molar-refractivity contribution in [3.05, 3.63) is 23.8 Å². The number of hydrogen-bond donors (Lipinski definition) is 0. The first-order valence-electron chi connectivity index (χ1n) is 10.7. The normalized spacial score (nSPS) is 45.2. The van der Waals surface area contributed by atoms with Gasteiger partial charge in [0.2, 0.25) is 0 Å². The van der Waals surface area contributed by atoms with Crippen LogP contribution in [-0.2, 0) is 4.79 Å². The highest BCUT2D eigenvalue weighted by atomic mass is 16.1. The molecule has 0 aromatic rings. The molecule has 0 aromatic heterocycles. The van der Waals surface area contributed by atoms with E-state index >= 15 is 0 Å². The van der Waals surface area contributed by atoms with Crippen LogP contribution in [0.4, 0.5) is 0 Å². The molecule has 0 aromatic carbocycles. The number of nitriles is 1. The van der Waals surface area contributed by atoms with Gasteiger partial charge in [0, 0.05) is 12.8 Å². The Balaban J connectivity index is 1.62. The Hall–Kier alpha value is -1.36. The van der Waals surface area contributed by atoms with E-state index in [0.29, 0.717) is 35.4 Å². The second-order valence-electron chi connectivity index (χ2n) is 10.0. The Kier molecular flexibility index (Phi) is 4.41. The van der Waals surface area contributed by atoms with Crippen molar-refractivity contribution in [2.75, 3.05) is 0 Å². The van der Waals surface area contributed by atoms with Gasteiger partial charge in [-0.25, -0.2) is 0 Å². The first kappa shape index (κ1) is 18.0. The molecule has 4 aliphatic carbocycles. The summed E-state index contributed by atoms with van der Waals surface area (Å²) in [6.45, 7) is 7.37. The highest BCUT2D eigenvalue weighted by molar-refractivity contribution is 5.92. The maximum Gasteiger partial charge on any atom is 0.156 e. The van der Waals surface area contributed by atoms with Crippen molar-refractivity contribution in [3.63, 3.8) is 0 Å². The maximum absolute atomic E-state index is 11.9. The quantitative estimate of drug-likeness (QED) is 0.640. The molecule has 7 atom stereocenters. The number of allylic oxidation sites excluding steroid dienone is 4. The van der Waals surface area contributed by atoms with Gasteiger partial charge >= 0.3 is 0 Å². The molecule has 0 aliphatic heterocycles. The average Bonchev–Trinajstić information content (AvgIpc) is 2.97. The summed E-state index contributed by atoms with van der Waals surface area (Å²) in [6.07, 6.45) is 15.5. The summed E-state index contributed by atoms with van der Waals surface area (Å²) in [7, 11) is 0. The third-order valence-corrected chi connectivity index (χ3v) is 8.99. The van der Waals surface area contributed by atoms with E-state index in [1.54, 1.807) is 0 Å². The summed E-state index contributed by atoms with van der Waals surface area (Å²) < 4.78 is 0. The minimum Gasteiger partial charge on any atom is -0.295 e. The van der Waals surface area contributed by atoms with Crippen molar-refractivity contribution in [2.45, 2.75) is 72.1 Å². The van der Waals surface area contributed by atoms with Gasteiger partial charge in [-0.1, -0.05) is 32.9 Å². The first-order chi connectivity index (χ1) is 12.4. The van der Waals surface area contributed by atoms with E-state index < -0.39 is 0 Å². The third kappa shape index (κ3) is 2.54. The molecule has 0 radical (unpaired) electrons. The third-order valence-electron chi connectivity index (χ3n) is 8.99. The van der Waals surface area contributed by atoms with Gasteiger partial charge in [-0.2, -0.15) is 5.26 Å². The second-order valence-corrected chi connectivity index (χ2v) is 10.0. The van der Waals surface area contributed by atoms with Crippen molar-refractivity contribution in [1.82, 2.24) is 0 Å². The lowest BCUT2D eigenvalue weighted by Crippen LogP contribution is -2.49. The summed E-state index contributed by atoms with van der Waals surface area (Å²) in [5.74, 6) is 3.91. The molecule has 4 rings (SSSR count). The topological polar surface area (TPSA) is 40.9 Å². The molecule has 0 heterocycles. The highest BCUT2D eigenvalue weighted by Gasteiger charge is 2.58. The molecule has 2 fully saturated rings. The molecule has 0 spiro atoms. The number of fused-ring (bicyclic) bond motifs is 5. The number of carbonyl (C=O) groups is 1.